The average Bonchev–Trinajstić information content (AvgIpc) is 2.73. The van der Waals surface area contributed by atoms with Gasteiger partial charge in [0.1, 0.15) is 11.5 Å². The molecule has 0 radical (unpaired) electrons. The van der Waals surface area contributed by atoms with Crippen LogP contribution in [0.3, 0.4) is 0 Å². The number of halogens is 2. The monoisotopic (exact) mass is 466 g/mol. The van der Waals surface area contributed by atoms with Crippen molar-refractivity contribution in [3.05, 3.63) is 57.6 Å². The van der Waals surface area contributed by atoms with E-state index in [4.69, 9.17) is 27.9 Å². The lowest BCUT2D eigenvalue weighted by molar-refractivity contribution is -0.122. The summed E-state index contributed by atoms with van der Waals surface area (Å²) in [6, 6.07) is 8.90. The molecule has 0 aliphatic rings. The van der Waals surface area contributed by atoms with Gasteiger partial charge in [-0.2, -0.15) is 10.2 Å². The third-order valence-corrected chi connectivity index (χ3v) is 4.18. The molecular formula is C20H20Cl2N4O5. The van der Waals surface area contributed by atoms with Gasteiger partial charge in [0.05, 0.1) is 38.5 Å². The van der Waals surface area contributed by atoms with Crippen LogP contribution in [0.1, 0.15) is 24.0 Å². The number of benzene rings is 2. The van der Waals surface area contributed by atoms with Gasteiger partial charge in [-0.1, -0.05) is 23.2 Å². The molecule has 0 aromatic heterocycles. The third-order valence-electron chi connectivity index (χ3n) is 3.71. The highest BCUT2D eigenvalue weighted by molar-refractivity contribution is 6.31. The van der Waals surface area contributed by atoms with Gasteiger partial charge >= 0.3 is 0 Å². The van der Waals surface area contributed by atoms with Crippen molar-refractivity contribution >= 4 is 47.4 Å². The summed E-state index contributed by atoms with van der Waals surface area (Å²) in [6.07, 6.45) is 2.61. The lowest BCUT2D eigenvalue weighted by atomic mass is 10.2. The molecule has 2 rings (SSSR count). The predicted octanol–water partition coefficient (Wildman–Crippen LogP) is 2.80. The molecule has 0 saturated carbocycles. The van der Waals surface area contributed by atoms with Crippen LogP contribution in [0.4, 0.5) is 0 Å². The van der Waals surface area contributed by atoms with Crippen LogP contribution in [0, 0.1) is 0 Å². The maximum absolute atomic E-state index is 11.7. The average molecular weight is 467 g/mol. The van der Waals surface area contributed by atoms with E-state index in [-0.39, 0.29) is 37.6 Å². The molecule has 9 nitrogen and oxygen atoms in total. The van der Waals surface area contributed by atoms with E-state index in [1.165, 1.54) is 48.8 Å². The summed E-state index contributed by atoms with van der Waals surface area (Å²) in [5.74, 6) is -0.822. The largest absolute Gasteiger partial charge is 0.507 e. The first-order valence-electron chi connectivity index (χ1n) is 9.03. The highest BCUT2D eigenvalue weighted by Gasteiger charge is 2.04. The van der Waals surface area contributed by atoms with E-state index >= 15 is 0 Å². The van der Waals surface area contributed by atoms with Gasteiger partial charge in [0, 0.05) is 21.2 Å². The summed E-state index contributed by atoms with van der Waals surface area (Å²) in [5.41, 5.74) is 5.32. The molecule has 4 N–H and O–H groups in total. The molecule has 0 saturated heterocycles. The summed E-state index contributed by atoms with van der Waals surface area (Å²) in [6.45, 7) is 0.188. The number of phenols is 2. The molecule has 31 heavy (non-hydrogen) atoms. The Morgan fingerprint density at radius 1 is 0.839 bits per heavy atom. The predicted molar refractivity (Wildman–Crippen MR) is 118 cm³/mol. The van der Waals surface area contributed by atoms with Crippen LogP contribution in [-0.4, -0.2) is 47.7 Å². The molecular weight excluding hydrogens is 447 g/mol. The maximum atomic E-state index is 11.7. The van der Waals surface area contributed by atoms with Crippen molar-refractivity contribution < 1.29 is 24.5 Å². The highest BCUT2D eigenvalue weighted by Crippen LogP contribution is 2.20. The van der Waals surface area contributed by atoms with Crippen molar-refractivity contribution in [2.45, 2.75) is 12.8 Å². The molecule has 0 aliphatic carbocycles. The first kappa shape index (κ1) is 24.1. The standard InChI is InChI=1S/C20H20Cl2N4O5/c21-15-1-3-17(27)13(9-15)11-23-25-19(29)5-7-31-8-6-20(30)26-24-12-14-10-16(22)2-4-18(14)28/h1-4,9-12,27-28H,5-8H2,(H,25,29)(H,26,30)/b23-11+,24-12+. The Balaban J connectivity index is 1.59. The molecule has 2 aromatic carbocycles. The van der Waals surface area contributed by atoms with Gasteiger partial charge in [-0.25, -0.2) is 10.9 Å². The maximum Gasteiger partial charge on any atom is 0.242 e. The number of ether oxygens (including phenoxy) is 1. The van der Waals surface area contributed by atoms with Crippen molar-refractivity contribution in [2.75, 3.05) is 13.2 Å². The summed E-state index contributed by atoms with van der Waals surface area (Å²) >= 11 is 11.6. The number of phenolic OH excluding ortho intramolecular Hbond substituents is 2. The molecule has 2 amide bonds. The van der Waals surface area contributed by atoms with Crippen LogP contribution < -0.4 is 10.9 Å². The molecule has 0 unspecified atom stereocenters. The van der Waals surface area contributed by atoms with Crippen LogP contribution in [-0.2, 0) is 14.3 Å². The Kier molecular flexibility index (Phi) is 9.76. The Morgan fingerprint density at radius 2 is 1.26 bits per heavy atom. The first-order valence-corrected chi connectivity index (χ1v) is 9.79. The topological polar surface area (TPSA) is 133 Å². The highest BCUT2D eigenvalue weighted by atomic mass is 35.5. The van der Waals surface area contributed by atoms with Gasteiger partial charge in [0.15, 0.2) is 0 Å². The van der Waals surface area contributed by atoms with E-state index in [1.54, 1.807) is 0 Å². The van der Waals surface area contributed by atoms with E-state index < -0.39 is 11.8 Å². The molecule has 11 heteroatoms. The molecule has 0 aliphatic heterocycles. The van der Waals surface area contributed by atoms with E-state index in [9.17, 15) is 19.8 Å². The lowest BCUT2D eigenvalue weighted by Crippen LogP contribution is -2.21. The van der Waals surface area contributed by atoms with E-state index in [2.05, 4.69) is 21.1 Å². The summed E-state index contributed by atoms with van der Waals surface area (Å²) in [5, 5.41) is 27.6. The summed E-state index contributed by atoms with van der Waals surface area (Å²) < 4.78 is 5.23. The zero-order valence-corrected chi connectivity index (χ0v) is 17.7. The van der Waals surface area contributed by atoms with Crippen LogP contribution in [0.2, 0.25) is 10.0 Å². The van der Waals surface area contributed by atoms with Crippen molar-refractivity contribution in [2.24, 2.45) is 10.2 Å². The minimum absolute atomic E-state index is 0.0160. The van der Waals surface area contributed by atoms with Gasteiger partial charge in [0.2, 0.25) is 11.8 Å². The number of hydrogen-bond acceptors (Lipinski definition) is 7. The van der Waals surface area contributed by atoms with Crippen LogP contribution >= 0.6 is 23.2 Å². The molecule has 0 heterocycles. The number of carbonyl (C=O) groups is 2. The SMILES string of the molecule is O=C(CCOCCC(=O)N/N=C/c1cc(Cl)ccc1O)N/N=C/c1cc(Cl)ccc1O. The molecule has 0 spiro atoms. The van der Waals surface area contributed by atoms with Gasteiger partial charge in [-0.3, -0.25) is 9.59 Å². The molecule has 0 fully saturated rings. The molecule has 0 atom stereocenters. The number of aromatic hydroxyl groups is 2. The van der Waals surface area contributed by atoms with Gasteiger partial charge in [0.25, 0.3) is 0 Å². The van der Waals surface area contributed by atoms with E-state index in [1.807, 2.05) is 0 Å². The number of nitrogens with zero attached hydrogens (tertiary/aromatic N) is 2. The van der Waals surface area contributed by atoms with Gasteiger partial charge in [-0.15, -0.1) is 0 Å². The number of carbonyl (C=O) groups excluding carboxylic acids is 2. The zero-order valence-electron chi connectivity index (χ0n) is 16.2. The van der Waals surface area contributed by atoms with Crippen molar-refractivity contribution in [1.29, 1.82) is 0 Å². The van der Waals surface area contributed by atoms with Crippen molar-refractivity contribution in [3.63, 3.8) is 0 Å². The van der Waals surface area contributed by atoms with Gasteiger partial charge < -0.3 is 14.9 Å². The summed E-state index contributed by atoms with van der Waals surface area (Å²) in [7, 11) is 0. The fourth-order valence-electron chi connectivity index (χ4n) is 2.15. The van der Waals surface area contributed by atoms with Gasteiger partial charge in [-0.05, 0) is 36.4 Å². The molecule has 0 bridgehead atoms. The van der Waals surface area contributed by atoms with Crippen LogP contribution in [0.25, 0.3) is 0 Å². The summed E-state index contributed by atoms with van der Waals surface area (Å²) in [4.78, 5) is 23.4. The Morgan fingerprint density at radius 3 is 1.68 bits per heavy atom. The Bertz CT molecular complexity index is 905. The number of nitrogens with one attached hydrogen (secondary N) is 2. The second-order valence-electron chi connectivity index (χ2n) is 6.11. The molecule has 2 aromatic rings. The fourth-order valence-corrected chi connectivity index (χ4v) is 2.51. The van der Waals surface area contributed by atoms with Crippen LogP contribution in [0.15, 0.2) is 46.6 Å². The minimum atomic E-state index is -0.395. The number of rotatable bonds is 10. The van der Waals surface area contributed by atoms with Crippen molar-refractivity contribution in [3.8, 4) is 11.5 Å². The fraction of sp³-hybridized carbons (Fsp3) is 0.200. The van der Waals surface area contributed by atoms with Crippen LogP contribution in [0.5, 0.6) is 11.5 Å². The number of hydrogen-bond donors (Lipinski definition) is 4. The van der Waals surface area contributed by atoms with Crippen molar-refractivity contribution in [1.82, 2.24) is 10.9 Å². The first-order chi connectivity index (χ1) is 14.8. The minimum Gasteiger partial charge on any atom is -0.507 e. The smallest absolute Gasteiger partial charge is 0.242 e. The quantitative estimate of drug-likeness (QED) is 0.242. The normalized spacial score (nSPS) is 11.2. The van der Waals surface area contributed by atoms with E-state index in [0.29, 0.717) is 21.2 Å². The molecule has 164 valence electrons. The second kappa shape index (κ2) is 12.5. The zero-order chi connectivity index (χ0) is 22.6. The third kappa shape index (κ3) is 9.04. The Labute approximate surface area is 188 Å². The number of amides is 2. The second-order valence-corrected chi connectivity index (χ2v) is 6.98. The lowest BCUT2D eigenvalue weighted by Gasteiger charge is -2.04. The van der Waals surface area contributed by atoms with E-state index in [0.717, 1.165) is 0 Å². The Hall–Kier alpha value is -3.14. The number of hydrazone groups is 2.